The first kappa shape index (κ1) is 24.9. The third kappa shape index (κ3) is 4.58. The predicted molar refractivity (Wildman–Crippen MR) is 107 cm³/mol. The third-order valence-electron chi connectivity index (χ3n) is 5.24. The highest BCUT2D eigenvalue weighted by Gasteiger charge is 2.64. The smallest absolute Gasteiger partial charge is 0.349 e. The molecular weight excluding hydrogens is 514 g/mol. The Morgan fingerprint density at radius 2 is 1.77 bits per heavy atom. The molecule has 0 spiro atoms. The van der Waals surface area contributed by atoms with Crippen molar-refractivity contribution in [3.63, 3.8) is 0 Å². The fourth-order valence-corrected chi connectivity index (χ4v) is 3.60. The summed E-state index contributed by atoms with van der Waals surface area (Å²) in [6, 6.07) is 5.13. The highest BCUT2D eigenvalue weighted by atomic mass is 35.5. The van der Waals surface area contributed by atoms with Gasteiger partial charge in [0, 0.05) is 18.7 Å². The quantitative estimate of drug-likeness (QED) is 0.418. The number of hydrogen-bond donors (Lipinski definition) is 2. The van der Waals surface area contributed by atoms with Crippen molar-refractivity contribution in [3.8, 4) is 22.6 Å². The second-order valence-electron chi connectivity index (χ2n) is 7.87. The Labute approximate surface area is 196 Å². The maximum Gasteiger partial charge on any atom is 0.459 e. The third-order valence-corrected chi connectivity index (χ3v) is 5.57. The number of rotatable bonds is 5. The molecule has 0 unspecified atom stereocenters. The zero-order chi connectivity index (χ0) is 25.9. The van der Waals surface area contributed by atoms with E-state index < -0.39 is 46.8 Å². The van der Waals surface area contributed by atoms with Crippen LogP contribution in [0.4, 0.5) is 35.1 Å². The van der Waals surface area contributed by atoms with Crippen LogP contribution in [0.25, 0.3) is 22.6 Å². The van der Waals surface area contributed by atoms with Gasteiger partial charge in [-0.25, -0.2) is 0 Å². The minimum absolute atomic E-state index is 0.0180. The molecule has 15 heteroatoms. The van der Waals surface area contributed by atoms with Crippen molar-refractivity contribution >= 4 is 17.5 Å². The van der Waals surface area contributed by atoms with Crippen LogP contribution in [0.2, 0.25) is 5.02 Å². The van der Waals surface area contributed by atoms with Crippen LogP contribution >= 0.6 is 11.6 Å². The fraction of sp³-hybridized carbons (Fsp3) is 0.350. The van der Waals surface area contributed by atoms with Crippen LogP contribution < -0.4 is 5.32 Å². The van der Waals surface area contributed by atoms with Crippen LogP contribution in [0, 0.1) is 0 Å². The van der Waals surface area contributed by atoms with Crippen molar-refractivity contribution in [3.05, 3.63) is 46.1 Å². The molecule has 4 rings (SSSR count). The van der Waals surface area contributed by atoms with Gasteiger partial charge < -0.3 is 5.32 Å². The summed E-state index contributed by atoms with van der Waals surface area (Å²) in [5.41, 5.74) is -6.04. The summed E-state index contributed by atoms with van der Waals surface area (Å²) in [6.45, 7) is 0. The van der Waals surface area contributed by atoms with Crippen LogP contribution in [0.15, 0.2) is 24.3 Å². The molecule has 1 aliphatic rings. The lowest BCUT2D eigenvalue weighted by molar-refractivity contribution is -0.292. The molecule has 2 heterocycles. The number of halogens is 9. The first-order valence-corrected chi connectivity index (χ1v) is 10.2. The van der Waals surface area contributed by atoms with E-state index in [2.05, 4.69) is 20.6 Å². The zero-order valence-electron chi connectivity index (χ0n) is 17.5. The van der Waals surface area contributed by atoms with Gasteiger partial charge in [-0.2, -0.15) is 45.3 Å². The van der Waals surface area contributed by atoms with Gasteiger partial charge in [-0.3, -0.25) is 14.6 Å². The van der Waals surface area contributed by atoms with Crippen molar-refractivity contribution in [2.75, 3.05) is 0 Å². The number of amides is 1. The normalized spacial score (nSPS) is 14.9. The Balaban J connectivity index is 1.79. The summed E-state index contributed by atoms with van der Waals surface area (Å²) in [6.07, 6.45) is -10.3. The van der Waals surface area contributed by atoms with E-state index in [1.807, 2.05) is 0 Å². The van der Waals surface area contributed by atoms with Crippen molar-refractivity contribution in [2.45, 2.75) is 37.2 Å². The van der Waals surface area contributed by atoms with Gasteiger partial charge in [0.1, 0.15) is 5.56 Å². The van der Waals surface area contributed by atoms with Gasteiger partial charge in [0.15, 0.2) is 5.69 Å². The molecule has 188 valence electrons. The number of benzene rings is 1. The number of H-pyrrole nitrogens is 1. The summed E-state index contributed by atoms with van der Waals surface area (Å²) in [4.78, 5) is 12.4. The standard InChI is InChI=1S/C20H14ClF8N5O/c1-34-15(14(19(24,25)26)16(33-34)18(22,23)20(27,28)29)13-7-12(31-32-13)8-2-5-11(21)10(6-8)17(35)30-9-3-4-9/h2,5-7,9H,3-4H2,1H3,(H,30,35)(H,31,32). The second kappa shape index (κ2) is 8.21. The molecule has 1 saturated carbocycles. The molecule has 0 aliphatic heterocycles. The van der Waals surface area contributed by atoms with Crippen molar-refractivity contribution < 1.29 is 39.9 Å². The Bertz CT molecular complexity index is 1290. The molecule has 0 atom stereocenters. The van der Waals surface area contributed by atoms with E-state index in [0.717, 1.165) is 26.0 Å². The lowest BCUT2D eigenvalue weighted by Crippen LogP contribution is -2.36. The van der Waals surface area contributed by atoms with Gasteiger partial charge >= 0.3 is 18.3 Å². The lowest BCUT2D eigenvalue weighted by atomic mass is 10.0. The van der Waals surface area contributed by atoms with E-state index in [1.165, 1.54) is 18.2 Å². The predicted octanol–water partition coefficient (Wildman–Crippen LogP) is 5.70. The Hall–Kier alpha value is -3.16. The first-order chi connectivity index (χ1) is 16.1. The van der Waals surface area contributed by atoms with Gasteiger partial charge in [0.05, 0.1) is 27.7 Å². The number of carbonyl (C=O) groups is 1. The van der Waals surface area contributed by atoms with Gasteiger partial charge in [-0.1, -0.05) is 17.7 Å². The molecule has 1 amide bonds. The van der Waals surface area contributed by atoms with E-state index in [0.29, 0.717) is 0 Å². The number of alkyl halides is 8. The Kier molecular flexibility index (Phi) is 5.85. The van der Waals surface area contributed by atoms with Crippen molar-refractivity contribution in [1.29, 1.82) is 0 Å². The van der Waals surface area contributed by atoms with Crippen LogP contribution in [0.5, 0.6) is 0 Å². The number of carbonyl (C=O) groups excluding carboxylic acids is 1. The molecule has 2 N–H and O–H groups in total. The highest BCUT2D eigenvalue weighted by Crippen LogP contribution is 2.50. The SMILES string of the molecule is Cn1nc(C(F)(F)C(F)(F)F)c(C(F)(F)F)c1-c1cc(-c2ccc(Cl)c(C(=O)NC3CC3)c2)n[nH]1. The minimum atomic E-state index is -6.31. The number of nitrogens with one attached hydrogen (secondary N) is 2. The van der Waals surface area contributed by atoms with Gasteiger partial charge in [-0.15, -0.1) is 0 Å². The number of aromatic nitrogens is 4. The molecule has 2 aromatic heterocycles. The van der Waals surface area contributed by atoms with Gasteiger partial charge in [0.2, 0.25) is 0 Å². The summed E-state index contributed by atoms with van der Waals surface area (Å²) < 4.78 is 108. The van der Waals surface area contributed by atoms with Crippen LogP contribution in [-0.4, -0.2) is 38.1 Å². The first-order valence-electron chi connectivity index (χ1n) is 9.87. The Morgan fingerprint density at radius 1 is 1.11 bits per heavy atom. The molecule has 3 aromatic rings. The monoisotopic (exact) mass is 527 g/mol. The summed E-state index contributed by atoms with van der Waals surface area (Å²) in [7, 11) is 0.795. The maximum atomic E-state index is 13.9. The molecule has 35 heavy (non-hydrogen) atoms. The van der Waals surface area contributed by atoms with Crippen molar-refractivity contribution in [2.24, 2.45) is 7.05 Å². The van der Waals surface area contributed by atoms with Gasteiger partial charge in [0.25, 0.3) is 5.91 Å². The van der Waals surface area contributed by atoms with E-state index in [-0.39, 0.29) is 32.6 Å². The minimum Gasteiger partial charge on any atom is -0.349 e. The molecule has 1 aliphatic carbocycles. The van der Waals surface area contributed by atoms with Gasteiger partial charge in [-0.05, 0) is 31.0 Å². The van der Waals surface area contributed by atoms with Crippen LogP contribution in [0.3, 0.4) is 0 Å². The average molecular weight is 528 g/mol. The van der Waals surface area contributed by atoms with E-state index in [4.69, 9.17) is 11.6 Å². The highest BCUT2D eigenvalue weighted by molar-refractivity contribution is 6.34. The summed E-state index contributed by atoms with van der Waals surface area (Å²) in [5.74, 6) is -6.34. The zero-order valence-corrected chi connectivity index (χ0v) is 18.2. The fourth-order valence-electron chi connectivity index (χ4n) is 3.40. The van der Waals surface area contributed by atoms with Crippen molar-refractivity contribution in [1.82, 2.24) is 25.3 Å². The topological polar surface area (TPSA) is 75.6 Å². The summed E-state index contributed by atoms with van der Waals surface area (Å²) >= 11 is 6.07. The molecule has 6 nitrogen and oxygen atoms in total. The van der Waals surface area contributed by atoms with Crippen LogP contribution in [0.1, 0.15) is 34.5 Å². The average Bonchev–Trinajstić information content (AvgIpc) is 3.27. The second-order valence-corrected chi connectivity index (χ2v) is 8.28. The Morgan fingerprint density at radius 3 is 2.34 bits per heavy atom. The maximum absolute atomic E-state index is 13.9. The number of nitrogens with zero attached hydrogens (tertiary/aromatic N) is 3. The number of hydrogen-bond acceptors (Lipinski definition) is 3. The number of aryl methyl sites for hydroxylation is 1. The molecular formula is C20H14ClF8N5O. The molecule has 0 radical (unpaired) electrons. The molecule has 1 fully saturated rings. The number of aromatic amines is 1. The molecule has 1 aromatic carbocycles. The molecule has 0 bridgehead atoms. The molecule has 0 saturated heterocycles. The van der Waals surface area contributed by atoms with E-state index in [9.17, 15) is 39.9 Å². The lowest BCUT2D eigenvalue weighted by Gasteiger charge is -2.19. The summed E-state index contributed by atoms with van der Waals surface area (Å²) in [5, 5.41) is 11.7. The van der Waals surface area contributed by atoms with E-state index in [1.54, 1.807) is 0 Å². The van der Waals surface area contributed by atoms with E-state index >= 15 is 0 Å². The van der Waals surface area contributed by atoms with Crippen LogP contribution in [-0.2, 0) is 19.1 Å². The largest absolute Gasteiger partial charge is 0.459 e.